The number of amides is 2. The normalized spacial score (nSPS) is 25.9. The summed E-state index contributed by atoms with van der Waals surface area (Å²) in [5.41, 5.74) is 1.22. The van der Waals surface area contributed by atoms with Gasteiger partial charge in [-0.05, 0) is 50.0 Å². The molecule has 1 saturated carbocycles. The van der Waals surface area contributed by atoms with Crippen LogP contribution in [-0.2, 0) is 16.0 Å². The van der Waals surface area contributed by atoms with E-state index in [9.17, 15) is 9.59 Å². The minimum Gasteiger partial charge on any atom is -0.448 e. The van der Waals surface area contributed by atoms with E-state index in [1.807, 2.05) is 23.1 Å². The molecule has 0 spiro atoms. The summed E-state index contributed by atoms with van der Waals surface area (Å²) >= 11 is 0. The van der Waals surface area contributed by atoms with Crippen molar-refractivity contribution in [2.75, 3.05) is 32.8 Å². The molecule has 2 heterocycles. The molecule has 1 N–H and O–H groups in total. The lowest BCUT2D eigenvalue weighted by molar-refractivity contribution is -0.122. The highest BCUT2D eigenvalue weighted by Gasteiger charge is 2.33. The molecule has 1 aliphatic carbocycles. The van der Waals surface area contributed by atoms with Crippen LogP contribution in [0.25, 0.3) is 0 Å². The van der Waals surface area contributed by atoms with Gasteiger partial charge in [0.15, 0.2) is 0 Å². The molecule has 2 aliphatic heterocycles. The molecule has 164 valence electrons. The van der Waals surface area contributed by atoms with Crippen LogP contribution in [-0.4, -0.2) is 66.7 Å². The molecule has 1 aromatic carbocycles. The number of aryl methyl sites for hydroxylation is 1. The van der Waals surface area contributed by atoms with E-state index in [1.54, 1.807) is 0 Å². The van der Waals surface area contributed by atoms with E-state index in [4.69, 9.17) is 4.74 Å². The molecule has 1 aromatic rings. The summed E-state index contributed by atoms with van der Waals surface area (Å²) in [5.74, 6) is 0.842. The Morgan fingerprint density at radius 3 is 2.60 bits per heavy atom. The van der Waals surface area contributed by atoms with Crippen LogP contribution in [0.2, 0.25) is 0 Å². The lowest BCUT2D eigenvalue weighted by Crippen LogP contribution is -2.47. The second-order valence-electron chi connectivity index (χ2n) is 9.12. The first kappa shape index (κ1) is 21.2. The highest BCUT2D eigenvalue weighted by Crippen LogP contribution is 2.27. The highest BCUT2D eigenvalue weighted by atomic mass is 16.6. The summed E-state index contributed by atoms with van der Waals surface area (Å²) in [6.07, 6.45) is 7.98. The van der Waals surface area contributed by atoms with Gasteiger partial charge in [-0.2, -0.15) is 0 Å². The second-order valence-corrected chi connectivity index (χ2v) is 9.12. The molecule has 0 radical (unpaired) electrons. The summed E-state index contributed by atoms with van der Waals surface area (Å²) in [5, 5.41) is 3.29. The Bertz CT molecular complexity index is 703. The van der Waals surface area contributed by atoms with Gasteiger partial charge in [-0.25, -0.2) is 4.79 Å². The molecule has 0 aromatic heterocycles. The largest absolute Gasteiger partial charge is 0.448 e. The SMILES string of the molecule is O=C(CCc1ccccc1)N[C@@H]1CCC[C@@H](CN2CCC(N3CCOC3=O)CC2)C1. The summed E-state index contributed by atoms with van der Waals surface area (Å²) in [6.45, 7) is 4.52. The maximum absolute atomic E-state index is 12.4. The Labute approximate surface area is 179 Å². The first-order valence-electron chi connectivity index (χ1n) is 11.7. The van der Waals surface area contributed by atoms with E-state index in [0.717, 1.165) is 58.3 Å². The van der Waals surface area contributed by atoms with Gasteiger partial charge in [0.05, 0.1) is 6.54 Å². The molecule has 0 unspecified atom stereocenters. The van der Waals surface area contributed by atoms with Crippen molar-refractivity contribution in [1.82, 2.24) is 15.1 Å². The average molecular weight is 414 g/mol. The third-order valence-electron chi connectivity index (χ3n) is 6.94. The van der Waals surface area contributed by atoms with Gasteiger partial charge in [0.1, 0.15) is 6.61 Å². The fourth-order valence-corrected chi connectivity index (χ4v) is 5.31. The third kappa shape index (κ3) is 5.75. The van der Waals surface area contributed by atoms with Gasteiger partial charge < -0.3 is 19.9 Å². The number of hydrogen-bond donors (Lipinski definition) is 1. The Morgan fingerprint density at radius 1 is 1.07 bits per heavy atom. The lowest BCUT2D eigenvalue weighted by Gasteiger charge is -2.38. The zero-order chi connectivity index (χ0) is 20.8. The Hall–Kier alpha value is -2.08. The van der Waals surface area contributed by atoms with E-state index in [0.29, 0.717) is 31.0 Å². The van der Waals surface area contributed by atoms with Crippen LogP contribution in [0.1, 0.15) is 50.5 Å². The number of nitrogens with one attached hydrogen (secondary N) is 1. The minimum absolute atomic E-state index is 0.133. The van der Waals surface area contributed by atoms with E-state index >= 15 is 0 Å². The predicted octanol–water partition coefficient (Wildman–Crippen LogP) is 3.21. The molecule has 2 saturated heterocycles. The number of likely N-dealkylation sites (tertiary alicyclic amines) is 1. The van der Waals surface area contributed by atoms with Gasteiger partial charge in [-0.1, -0.05) is 36.8 Å². The van der Waals surface area contributed by atoms with Gasteiger partial charge in [-0.3, -0.25) is 4.79 Å². The van der Waals surface area contributed by atoms with Crippen molar-refractivity contribution < 1.29 is 14.3 Å². The number of ether oxygens (including phenoxy) is 1. The number of nitrogens with zero attached hydrogens (tertiary/aromatic N) is 2. The van der Waals surface area contributed by atoms with Crippen LogP contribution in [0.15, 0.2) is 30.3 Å². The number of piperidine rings is 1. The van der Waals surface area contributed by atoms with E-state index in [2.05, 4.69) is 22.3 Å². The third-order valence-corrected chi connectivity index (χ3v) is 6.94. The van der Waals surface area contributed by atoms with Crippen molar-refractivity contribution in [2.45, 2.75) is 63.5 Å². The van der Waals surface area contributed by atoms with E-state index < -0.39 is 0 Å². The maximum atomic E-state index is 12.4. The van der Waals surface area contributed by atoms with Gasteiger partial charge in [-0.15, -0.1) is 0 Å². The topological polar surface area (TPSA) is 61.9 Å². The van der Waals surface area contributed by atoms with E-state index in [1.165, 1.54) is 18.4 Å². The van der Waals surface area contributed by atoms with Crippen molar-refractivity contribution in [3.05, 3.63) is 35.9 Å². The maximum Gasteiger partial charge on any atom is 0.410 e. The van der Waals surface area contributed by atoms with Crippen molar-refractivity contribution in [3.63, 3.8) is 0 Å². The van der Waals surface area contributed by atoms with Crippen LogP contribution in [0, 0.1) is 5.92 Å². The first-order valence-corrected chi connectivity index (χ1v) is 11.7. The van der Waals surface area contributed by atoms with Crippen molar-refractivity contribution >= 4 is 12.0 Å². The minimum atomic E-state index is -0.133. The van der Waals surface area contributed by atoms with Crippen molar-refractivity contribution in [3.8, 4) is 0 Å². The summed E-state index contributed by atoms with van der Waals surface area (Å²) in [6, 6.07) is 10.9. The predicted molar refractivity (Wildman–Crippen MR) is 116 cm³/mol. The molecule has 30 heavy (non-hydrogen) atoms. The number of rotatable bonds is 7. The molecule has 0 bridgehead atoms. The van der Waals surface area contributed by atoms with Gasteiger partial charge in [0.25, 0.3) is 0 Å². The van der Waals surface area contributed by atoms with Crippen molar-refractivity contribution in [2.24, 2.45) is 5.92 Å². The molecule has 2 atom stereocenters. The van der Waals surface area contributed by atoms with Crippen molar-refractivity contribution in [1.29, 1.82) is 0 Å². The molecule has 6 nitrogen and oxygen atoms in total. The molecule has 4 rings (SSSR count). The van der Waals surface area contributed by atoms with Crippen LogP contribution in [0.4, 0.5) is 4.79 Å². The lowest BCUT2D eigenvalue weighted by atomic mass is 9.84. The zero-order valence-electron chi connectivity index (χ0n) is 17.9. The zero-order valence-corrected chi connectivity index (χ0v) is 17.9. The van der Waals surface area contributed by atoms with Crippen LogP contribution >= 0.6 is 0 Å². The van der Waals surface area contributed by atoms with Gasteiger partial charge >= 0.3 is 6.09 Å². The van der Waals surface area contributed by atoms with Crippen LogP contribution < -0.4 is 5.32 Å². The fraction of sp³-hybridized carbons (Fsp3) is 0.667. The average Bonchev–Trinajstić information content (AvgIpc) is 3.20. The summed E-state index contributed by atoms with van der Waals surface area (Å²) < 4.78 is 5.09. The fourth-order valence-electron chi connectivity index (χ4n) is 5.31. The molecule has 3 fully saturated rings. The Kier molecular flexibility index (Phi) is 7.26. The van der Waals surface area contributed by atoms with E-state index in [-0.39, 0.29) is 12.0 Å². The Balaban J connectivity index is 1.16. The summed E-state index contributed by atoms with van der Waals surface area (Å²) in [4.78, 5) is 28.7. The number of benzene rings is 1. The standard InChI is InChI=1S/C24H35N3O3/c28-23(10-9-19-5-2-1-3-6-19)25-21-8-4-7-20(17-21)18-26-13-11-22(12-14-26)27-15-16-30-24(27)29/h1-3,5-6,20-22H,4,7-18H2,(H,25,28)/t20-,21-/m1/s1. The smallest absolute Gasteiger partial charge is 0.410 e. The van der Waals surface area contributed by atoms with Gasteiger partial charge in [0, 0.05) is 38.1 Å². The molecule has 2 amide bonds. The number of carbonyl (C=O) groups is 2. The molecular weight excluding hydrogens is 378 g/mol. The number of carbonyl (C=O) groups excluding carboxylic acids is 2. The monoisotopic (exact) mass is 413 g/mol. The highest BCUT2D eigenvalue weighted by molar-refractivity contribution is 5.76. The molecule has 6 heteroatoms. The summed E-state index contributed by atoms with van der Waals surface area (Å²) in [7, 11) is 0. The second kappa shape index (κ2) is 10.3. The quantitative estimate of drug-likeness (QED) is 0.746. The molecule has 3 aliphatic rings. The first-order chi connectivity index (χ1) is 14.7. The van der Waals surface area contributed by atoms with Crippen LogP contribution in [0.5, 0.6) is 0 Å². The van der Waals surface area contributed by atoms with Crippen LogP contribution in [0.3, 0.4) is 0 Å². The Morgan fingerprint density at radius 2 is 1.87 bits per heavy atom. The molecular formula is C24H35N3O3. The number of cyclic esters (lactones) is 1. The van der Waals surface area contributed by atoms with Gasteiger partial charge in [0.2, 0.25) is 5.91 Å². The number of hydrogen-bond acceptors (Lipinski definition) is 4.